The Hall–Kier alpha value is -1.29. The number of rotatable bonds is 6. The Morgan fingerprint density at radius 3 is 2.28 bits per heavy atom. The molecule has 0 amide bonds. The molecule has 0 radical (unpaired) electrons. The molecule has 4 heteroatoms. The minimum Gasteiger partial charge on any atom is -0.496 e. The highest BCUT2D eigenvalue weighted by Gasteiger charge is 2.47. The summed E-state index contributed by atoms with van der Waals surface area (Å²) in [7, 11) is 1.60. The number of aliphatic hydroxyl groups excluding tert-OH is 2. The summed E-state index contributed by atoms with van der Waals surface area (Å²) in [5.41, 5.74) is -0.361. The summed E-state index contributed by atoms with van der Waals surface area (Å²) in [5, 5.41) is 23.1. The van der Waals surface area contributed by atoms with Crippen LogP contribution in [-0.2, 0) is 5.41 Å². The second kappa shape index (κ2) is 7.53. The molecule has 0 aliphatic carbocycles. The van der Waals surface area contributed by atoms with Crippen LogP contribution in [-0.4, -0.2) is 35.4 Å². The van der Waals surface area contributed by atoms with Crippen LogP contribution >= 0.6 is 11.6 Å². The van der Waals surface area contributed by atoms with Gasteiger partial charge in [-0.2, -0.15) is 0 Å². The molecule has 2 N–H and O–H groups in total. The Labute approximate surface area is 155 Å². The van der Waals surface area contributed by atoms with E-state index in [1.165, 1.54) is 0 Å². The monoisotopic (exact) mass is 364 g/mol. The second-order valence-electron chi connectivity index (χ2n) is 7.96. The van der Waals surface area contributed by atoms with Crippen LogP contribution in [0.2, 0.25) is 0 Å². The van der Waals surface area contributed by atoms with Crippen molar-refractivity contribution in [3.05, 3.63) is 42.0 Å². The fourth-order valence-electron chi connectivity index (χ4n) is 3.60. The molecule has 0 aromatic heterocycles. The molecular formula is C21H29ClO3. The summed E-state index contributed by atoms with van der Waals surface area (Å²) < 4.78 is 5.61. The maximum atomic E-state index is 11.2. The molecule has 2 aromatic rings. The SMILES string of the molecule is COc1ccc2ccccc2c1C(CO)(C(C)Cl)C(O)CC(C)(C)C. The van der Waals surface area contributed by atoms with Gasteiger partial charge in [-0.25, -0.2) is 0 Å². The van der Waals surface area contributed by atoms with Crippen molar-refractivity contribution in [2.24, 2.45) is 5.41 Å². The zero-order valence-corrected chi connectivity index (χ0v) is 16.5. The number of halogens is 1. The highest BCUT2D eigenvalue weighted by atomic mass is 35.5. The molecule has 0 heterocycles. The van der Waals surface area contributed by atoms with Gasteiger partial charge in [0, 0.05) is 10.9 Å². The third kappa shape index (κ3) is 3.79. The van der Waals surface area contributed by atoms with Gasteiger partial charge in [0.25, 0.3) is 0 Å². The number of hydrogen-bond donors (Lipinski definition) is 2. The highest BCUT2D eigenvalue weighted by molar-refractivity contribution is 6.21. The Morgan fingerprint density at radius 2 is 1.76 bits per heavy atom. The minimum absolute atomic E-state index is 0.108. The molecule has 2 rings (SSSR count). The summed E-state index contributed by atoms with van der Waals surface area (Å²) in [4.78, 5) is 0. The van der Waals surface area contributed by atoms with Crippen LogP contribution in [0.25, 0.3) is 10.8 Å². The standard InChI is InChI=1S/C21H29ClO3/c1-14(22)21(13-23,18(24)12-20(2,3)4)19-16-9-7-6-8-15(16)10-11-17(19)25-5/h6-11,14,18,23-24H,12-13H2,1-5H3. The van der Waals surface area contributed by atoms with Gasteiger partial charge in [-0.3, -0.25) is 0 Å². The molecule has 0 fully saturated rings. The Balaban J connectivity index is 2.80. The smallest absolute Gasteiger partial charge is 0.123 e. The lowest BCUT2D eigenvalue weighted by Crippen LogP contribution is -2.50. The molecule has 0 spiro atoms. The zero-order chi connectivity index (χ0) is 18.8. The fraction of sp³-hybridized carbons (Fsp3) is 0.524. The van der Waals surface area contributed by atoms with Crippen molar-refractivity contribution in [3.63, 3.8) is 0 Å². The first-order valence-corrected chi connectivity index (χ1v) is 9.10. The molecule has 0 saturated carbocycles. The van der Waals surface area contributed by atoms with Gasteiger partial charge in [0.1, 0.15) is 5.75 Å². The van der Waals surface area contributed by atoms with E-state index >= 15 is 0 Å². The zero-order valence-electron chi connectivity index (χ0n) is 15.7. The maximum absolute atomic E-state index is 11.2. The first-order chi connectivity index (χ1) is 11.7. The summed E-state index contributed by atoms with van der Waals surface area (Å²) in [6.45, 7) is 7.76. The fourth-order valence-corrected chi connectivity index (χ4v) is 3.93. The molecule has 0 aliphatic rings. The van der Waals surface area contributed by atoms with Gasteiger partial charge >= 0.3 is 0 Å². The van der Waals surface area contributed by atoms with Gasteiger partial charge in [0.05, 0.1) is 25.2 Å². The number of fused-ring (bicyclic) bond motifs is 1. The predicted molar refractivity (Wildman–Crippen MR) is 105 cm³/mol. The van der Waals surface area contributed by atoms with E-state index in [9.17, 15) is 10.2 Å². The van der Waals surface area contributed by atoms with Crippen molar-refractivity contribution in [1.29, 1.82) is 0 Å². The quantitative estimate of drug-likeness (QED) is 0.742. The molecular weight excluding hydrogens is 336 g/mol. The van der Waals surface area contributed by atoms with Gasteiger partial charge in [-0.05, 0) is 35.6 Å². The van der Waals surface area contributed by atoms with E-state index in [4.69, 9.17) is 16.3 Å². The molecule has 0 saturated heterocycles. The van der Waals surface area contributed by atoms with Crippen molar-refractivity contribution in [3.8, 4) is 5.75 Å². The molecule has 138 valence electrons. The van der Waals surface area contributed by atoms with E-state index in [0.29, 0.717) is 12.2 Å². The van der Waals surface area contributed by atoms with E-state index in [2.05, 4.69) is 20.8 Å². The third-order valence-electron chi connectivity index (χ3n) is 4.95. The van der Waals surface area contributed by atoms with Gasteiger partial charge in [-0.15, -0.1) is 11.6 Å². The topological polar surface area (TPSA) is 49.7 Å². The van der Waals surface area contributed by atoms with Gasteiger partial charge < -0.3 is 14.9 Å². The van der Waals surface area contributed by atoms with Crippen LogP contribution in [0.15, 0.2) is 36.4 Å². The number of aliphatic hydroxyl groups is 2. The third-order valence-corrected chi connectivity index (χ3v) is 5.34. The van der Waals surface area contributed by atoms with E-state index in [0.717, 1.165) is 16.3 Å². The molecule has 2 aromatic carbocycles. The molecule has 0 aliphatic heterocycles. The van der Waals surface area contributed by atoms with E-state index in [1.807, 2.05) is 43.3 Å². The number of hydrogen-bond acceptors (Lipinski definition) is 3. The van der Waals surface area contributed by atoms with E-state index in [1.54, 1.807) is 7.11 Å². The van der Waals surface area contributed by atoms with Crippen LogP contribution in [0.1, 0.15) is 39.7 Å². The Morgan fingerprint density at radius 1 is 1.12 bits per heavy atom. The normalized spacial score (nSPS) is 17.1. The first kappa shape index (κ1) is 20.0. The predicted octanol–water partition coefficient (Wildman–Crippen LogP) is 4.50. The average molecular weight is 365 g/mol. The van der Waals surface area contributed by atoms with E-state index in [-0.39, 0.29) is 12.0 Å². The lowest BCUT2D eigenvalue weighted by Gasteiger charge is -2.42. The summed E-state index contributed by atoms with van der Waals surface area (Å²) in [5.74, 6) is 0.633. The summed E-state index contributed by atoms with van der Waals surface area (Å²) in [6.07, 6.45) is -0.304. The van der Waals surface area contributed by atoms with E-state index < -0.39 is 16.9 Å². The molecule has 3 atom stereocenters. The number of alkyl halides is 1. The van der Waals surface area contributed by atoms with Crippen LogP contribution in [0.3, 0.4) is 0 Å². The molecule has 25 heavy (non-hydrogen) atoms. The van der Waals surface area contributed by atoms with Gasteiger partial charge in [0.2, 0.25) is 0 Å². The molecule has 3 unspecified atom stereocenters. The lowest BCUT2D eigenvalue weighted by molar-refractivity contribution is 0.0105. The van der Waals surface area contributed by atoms with Crippen molar-refractivity contribution >= 4 is 22.4 Å². The summed E-state index contributed by atoms with van der Waals surface area (Å²) >= 11 is 6.61. The highest BCUT2D eigenvalue weighted by Crippen LogP contribution is 2.46. The largest absolute Gasteiger partial charge is 0.496 e. The summed E-state index contributed by atoms with van der Waals surface area (Å²) in [6, 6.07) is 11.8. The molecule has 3 nitrogen and oxygen atoms in total. The number of benzene rings is 2. The van der Waals surface area contributed by atoms with Crippen molar-refractivity contribution in [2.75, 3.05) is 13.7 Å². The number of ether oxygens (including phenoxy) is 1. The van der Waals surface area contributed by atoms with Gasteiger partial charge in [-0.1, -0.05) is 51.1 Å². The average Bonchev–Trinajstić information content (AvgIpc) is 2.54. The maximum Gasteiger partial charge on any atom is 0.123 e. The first-order valence-electron chi connectivity index (χ1n) is 8.66. The van der Waals surface area contributed by atoms with Crippen LogP contribution in [0.5, 0.6) is 5.75 Å². The van der Waals surface area contributed by atoms with Crippen LogP contribution in [0, 0.1) is 5.41 Å². The minimum atomic E-state index is -1.03. The lowest BCUT2D eigenvalue weighted by atomic mass is 9.68. The number of methoxy groups -OCH3 is 1. The van der Waals surface area contributed by atoms with Crippen molar-refractivity contribution < 1.29 is 14.9 Å². The van der Waals surface area contributed by atoms with Crippen LogP contribution in [0.4, 0.5) is 0 Å². The second-order valence-corrected chi connectivity index (χ2v) is 8.61. The van der Waals surface area contributed by atoms with Crippen LogP contribution < -0.4 is 4.74 Å². The van der Waals surface area contributed by atoms with Crippen molar-refractivity contribution in [1.82, 2.24) is 0 Å². The Bertz CT molecular complexity index is 721. The van der Waals surface area contributed by atoms with Gasteiger partial charge in [0.15, 0.2) is 0 Å². The van der Waals surface area contributed by atoms with Crippen molar-refractivity contribution in [2.45, 2.75) is 51.0 Å². The Kier molecular flexibility index (Phi) is 6.03. The molecule has 0 bridgehead atoms.